The lowest BCUT2D eigenvalue weighted by molar-refractivity contribution is 0.138. The van der Waals surface area contributed by atoms with Crippen molar-refractivity contribution in [2.24, 2.45) is 11.3 Å². The van der Waals surface area contributed by atoms with Crippen LogP contribution in [0.1, 0.15) is 131 Å². The Kier molecular flexibility index (Phi) is 14.1. The van der Waals surface area contributed by atoms with Crippen LogP contribution in [-0.2, 0) is 0 Å². The Bertz CT molecular complexity index is 271. The molecular formula is C22H48N2. The first-order valence-electron chi connectivity index (χ1n) is 10.8. The average Bonchev–Trinajstić information content (AvgIpc) is 2.55. The minimum Gasteiger partial charge on any atom is -0.271 e. The predicted molar refractivity (Wildman–Crippen MR) is 110 cm³/mol. The normalized spacial score (nSPS) is 12.8. The van der Waals surface area contributed by atoms with Crippen molar-refractivity contribution in [3.63, 3.8) is 0 Å². The summed E-state index contributed by atoms with van der Waals surface area (Å²) in [4.78, 5) is 0. The second-order valence-corrected chi connectivity index (χ2v) is 9.00. The van der Waals surface area contributed by atoms with Crippen LogP contribution < -0.4 is 11.3 Å². The second kappa shape index (κ2) is 14.1. The van der Waals surface area contributed by atoms with Crippen LogP contribution >= 0.6 is 0 Å². The van der Waals surface area contributed by atoms with E-state index in [2.05, 4.69) is 40.0 Å². The van der Waals surface area contributed by atoms with E-state index >= 15 is 0 Å². The number of hydrazine groups is 1. The zero-order chi connectivity index (χ0) is 18.3. The summed E-state index contributed by atoms with van der Waals surface area (Å²) < 4.78 is 0. The van der Waals surface area contributed by atoms with Crippen LogP contribution in [0.3, 0.4) is 0 Å². The van der Waals surface area contributed by atoms with E-state index in [1.54, 1.807) is 0 Å². The summed E-state index contributed by atoms with van der Waals surface area (Å²) in [6.45, 7) is 11.4. The van der Waals surface area contributed by atoms with E-state index in [9.17, 15) is 0 Å². The van der Waals surface area contributed by atoms with E-state index in [1.807, 2.05) is 0 Å². The Balaban J connectivity index is 3.34. The maximum absolute atomic E-state index is 5.69. The molecule has 0 aliphatic carbocycles. The molecule has 0 saturated heterocycles. The molecule has 0 unspecified atom stereocenters. The minimum atomic E-state index is 0.00351. The molecule has 0 fully saturated rings. The van der Waals surface area contributed by atoms with Crippen molar-refractivity contribution in [3.8, 4) is 0 Å². The van der Waals surface area contributed by atoms with Crippen LogP contribution in [0.5, 0.6) is 0 Å². The molecule has 0 heterocycles. The van der Waals surface area contributed by atoms with Gasteiger partial charge in [-0.1, -0.05) is 111 Å². The Morgan fingerprint density at radius 2 is 0.917 bits per heavy atom. The van der Waals surface area contributed by atoms with E-state index in [0.717, 1.165) is 0 Å². The molecule has 0 rings (SSSR count). The Hall–Kier alpha value is -0.0800. The first-order valence-corrected chi connectivity index (χ1v) is 10.8. The fraction of sp³-hybridized carbons (Fsp3) is 1.00. The Morgan fingerprint density at radius 1 is 0.583 bits per heavy atom. The largest absolute Gasteiger partial charge is 0.271 e. The van der Waals surface area contributed by atoms with Gasteiger partial charge in [-0.25, -0.2) is 0 Å². The maximum atomic E-state index is 5.69. The third kappa shape index (κ3) is 11.5. The summed E-state index contributed by atoms with van der Waals surface area (Å²) in [5, 5.41) is 0. The first kappa shape index (κ1) is 23.9. The Morgan fingerprint density at radius 3 is 1.25 bits per heavy atom. The number of unbranched alkanes of at least 4 members (excludes halogenated alkanes) is 13. The van der Waals surface area contributed by atoms with Crippen molar-refractivity contribution >= 4 is 0 Å². The minimum absolute atomic E-state index is 0.00351. The van der Waals surface area contributed by atoms with Gasteiger partial charge >= 0.3 is 0 Å². The number of hydrogen-bond donors (Lipinski definition) is 2. The van der Waals surface area contributed by atoms with E-state index in [-0.39, 0.29) is 11.0 Å². The lowest BCUT2D eigenvalue weighted by atomic mass is 9.71. The van der Waals surface area contributed by atoms with Crippen LogP contribution in [0, 0.1) is 5.41 Å². The summed E-state index contributed by atoms with van der Waals surface area (Å²) in [5.74, 6) is 5.69. The molecule has 0 aliphatic rings. The standard InChI is InChI=1S/C22H48N2/c1-6-7-8-9-10-11-12-13-14-15-16-17-18-19-20-21(2,3)22(4,5)24-23/h24H,6-20,23H2,1-5H3. The zero-order valence-electron chi connectivity index (χ0n) is 17.7. The summed E-state index contributed by atoms with van der Waals surface area (Å²) in [6.07, 6.45) is 21.2. The van der Waals surface area contributed by atoms with Gasteiger partial charge in [0.2, 0.25) is 0 Å². The maximum Gasteiger partial charge on any atom is 0.0315 e. The summed E-state index contributed by atoms with van der Waals surface area (Å²) >= 11 is 0. The third-order valence-electron chi connectivity index (χ3n) is 6.21. The predicted octanol–water partition coefficient (Wildman–Crippen LogP) is 7.13. The molecule has 0 bridgehead atoms. The average molecular weight is 341 g/mol. The van der Waals surface area contributed by atoms with E-state index in [0.29, 0.717) is 0 Å². The van der Waals surface area contributed by atoms with Crippen molar-refractivity contribution in [3.05, 3.63) is 0 Å². The van der Waals surface area contributed by atoms with Gasteiger partial charge in [0.15, 0.2) is 0 Å². The van der Waals surface area contributed by atoms with Crippen LogP contribution in [0.25, 0.3) is 0 Å². The molecule has 0 aromatic rings. The molecule has 0 atom stereocenters. The van der Waals surface area contributed by atoms with Crippen LogP contribution in [0.2, 0.25) is 0 Å². The number of hydrogen-bond acceptors (Lipinski definition) is 2. The van der Waals surface area contributed by atoms with Crippen molar-refractivity contribution in [2.75, 3.05) is 0 Å². The molecule has 0 amide bonds. The molecule has 3 N–H and O–H groups in total. The van der Waals surface area contributed by atoms with Gasteiger partial charge in [-0.2, -0.15) is 0 Å². The molecule has 0 aliphatic heterocycles. The highest BCUT2D eigenvalue weighted by Gasteiger charge is 2.35. The van der Waals surface area contributed by atoms with Gasteiger partial charge in [0.05, 0.1) is 0 Å². The smallest absolute Gasteiger partial charge is 0.0315 e. The van der Waals surface area contributed by atoms with Gasteiger partial charge in [-0.05, 0) is 25.7 Å². The monoisotopic (exact) mass is 340 g/mol. The zero-order valence-corrected chi connectivity index (χ0v) is 17.7. The highest BCUT2D eigenvalue weighted by molar-refractivity contribution is 4.91. The highest BCUT2D eigenvalue weighted by atomic mass is 15.3. The fourth-order valence-electron chi connectivity index (χ4n) is 3.27. The molecule has 146 valence electrons. The number of nitrogens with two attached hydrogens (primary N) is 1. The SMILES string of the molecule is CCCCCCCCCCCCCCCCC(C)(C)C(C)(C)NN. The molecule has 0 aromatic carbocycles. The lowest BCUT2D eigenvalue weighted by Crippen LogP contribution is -2.54. The molecule has 0 saturated carbocycles. The van der Waals surface area contributed by atoms with Gasteiger partial charge in [0.25, 0.3) is 0 Å². The quantitative estimate of drug-likeness (QED) is 0.168. The van der Waals surface area contributed by atoms with E-state index in [1.165, 1.54) is 96.3 Å². The van der Waals surface area contributed by atoms with Crippen molar-refractivity contribution in [2.45, 2.75) is 136 Å². The van der Waals surface area contributed by atoms with Gasteiger partial charge < -0.3 is 0 Å². The van der Waals surface area contributed by atoms with Crippen molar-refractivity contribution in [1.29, 1.82) is 0 Å². The Labute approximate surface area is 153 Å². The van der Waals surface area contributed by atoms with Gasteiger partial charge in [0.1, 0.15) is 0 Å². The van der Waals surface area contributed by atoms with Crippen molar-refractivity contribution in [1.82, 2.24) is 5.43 Å². The molecular weight excluding hydrogens is 292 g/mol. The molecule has 0 aromatic heterocycles. The van der Waals surface area contributed by atoms with Gasteiger partial charge in [0, 0.05) is 5.54 Å². The van der Waals surface area contributed by atoms with Crippen molar-refractivity contribution < 1.29 is 0 Å². The highest BCUT2D eigenvalue weighted by Crippen LogP contribution is 2.35. The molecule has 0 spiro atoms. The fourth-order valence-corrected chi connectivity index (χ4v) is 3.27. The van der Waals surface area contributed by atoms with Crippen LogP contribution in [0.15, 0.2) is 0 Å². The van der Waals surface area contributed by atoms with Crippen LogP contribution in [0.4, 0.5) is 0 Å². The summed E-state index contributed by atoms with van der Waals surface area (Å²) in [5.41, 5.74) is 3.23. The number of nitrogens with one attached hydrogen (secondary N) is 1. The molecule has 2 heteroatoms. The van der Waals surface area contributed by atoms with Crippen LogP contribution in [-0.4, -0.2) is 5.54 Å². The topological polar surface area (TPSA) is 38.0 Å². The summed E-state index contributed by atoms with van der Waals surface area (Å²) in [7, 11) is 0. The second-order valence-electron chi connectivity index (χ2n) is 9.00. The molecule has 24 heavy (non-hydrogen) atoms. The van der Waals surface area contributed by atoms with Gasteiger partial charge in [-0.15, -0.1) is 0 Å². The molecule has 2 nitrogen and oxygen atoms in total. The third-order valence-corrected chi connectivity index (χ3v) is 6.21. The lowest BCUT2D eigenvalue weighted by Gasteiger charge is -2.41. The summed E-state index contributed by atoms with van der Waals surface area (Å²) in [6, 6.07) is 0. The number of rotatable bonds is 17. The first-order chi connectivity index (χ1) is 11.4. The van der Waals surface area contributed by atoms with Gasteiger partial charge in [-0.3, -0.25) is 11.3 Å². The van der Waals surface area contributed by atoms with E-state index < -0.39 is 0 Å². The molecule has 0 radical (unpaired) electrons. The van der Waals surface area contributed by atoms with E-state index in [4.69, 9.17) is 5.84 Å².